The van der Waals surface area contributed by atoms with Gasteiger partial charge >= 0.3 is 0 Å². The third-order valence-corrected chi connectivity index (χ3v) is 5.30. The first-order valence-corrected chi connectivity index (χ1v) is 10.9. The molecule has 2 aromatic carbocycles. The number of furan rings is 1. The third kappa shape index (κ3) is 5.01. The Labute approximate surface area is 201 Å². The average molecular weight is 463 g/mol. The first-order chi connectivity index (χ1) is 17.2. The first kappa shape index (κ1) is 21.8. The normalized spacial score (nSPS) is 10.6. The van der Waals surface area contributed by atoms with Gasteiger partial charge in [0.25, 0.3) is 11.8 Å². The number of anilines is 1. The zero-order chi connectivity index (χ0) is 24.0. The fourth-order valence-corrected chi connectivity index (χ4v) is 3.61. The number of benzene rings is 2. The lowest BCUT2D eigenvalue weighted by Crippen LogP contribution is -2.23. The van der Waals surface area contributed by atoms with Crippen LogP contribution in [-0.4, -0.2) is 26.6 Å². The number of carbonyl (C=O) groups excluding carboxylic acids is 2. The summed E-state index contributed by atoms with van der Waals surface area (Å²) in [7, 11) is 0. The van der Waals surface area contributed by atoms with Crippen LogP contribution in [-0.2, 0) is 6.54 Å². The summed E-state index contributed by atoms with van der Waals surface area (Å²) in [6.45, 7) is 0.270. The second-order valence-electron chi connectivity index (χ2n) is 7.73. The van der Waals surface area contributed by atoms with Crippen LogP contribution in [0.25, 0.3) is 16.9 Å². The number of hydrogen-bond donors (Lipinski definition) is 2. The molecule has 0 radical (unpaired) electrons. The van der Waals surface area contributed by atoms with Crippen molar-refractivity contribution < 1.29 is 14.0 Å². The molecular weight excluding hydrogens is 442 g/mol. The summed E-state index contributed by atoms with van der Waals surface area (Å²) in [6, 6.07) is 23.8. The number of nitrogens with zero attached hydrogens (tertiary/aromatic N) is 3. The minimum absolute atomic E-state index is 0.224. The molecule has 8 nitrogen and oxygen atoms in total. The second kappa shape index (κ2) is 9.88. The molecule has 0 saturated heterocycles. The summed E-state index contributed by atoms with van der Waals surface area (Å²) >= 11 is 0. The SMILES string of the molecule is O=C(Nc1cccc(CNC(=O)c2cn(-c3ccccc3)nc2-c2cccnc2)c1)c1ccco1. The van der Waals surface area contributed by atoms with Crippen LogP contribution >= 0.6 is 0 Å². The summed E-state index contributed by atoms with van der Waals surface area (Å²) in [5.74, 6) is -0.385. The summed E-state index contributed by atoms with van der Waals surface area (Å²) in [5, 5.41) is 10.4. The number of para-hydroxylation sites is 1. The summed E-state index contributed by atoms with van der Waals surface area (Å²) in [6.07, 6.45) is 6.52. The smallest absolute Gasteiger partial charge is 0.291 e. The quantitative estimate of drug-likeness (QED) is 0.364. The number of carbonyl (C=O) groups is 2. The van der Waals surface area contributed by atoms with Crippen LogP contribution in [0.4, 0.5) is 5.69 Å². The van der Waals surface area contributed by atoms with Crippen molar-refractivity contribution in [2.75, 3.05) is 5.32 Å². The molecule has 0 unspecified atom stereocenters. The average Bonchev–Trinajstić information content (AvgIpc) is 3.60. The Morgan fingerprint density at radius 1 is 0.914 bits per heavy atom. The van der Waals surface area contributed by atoms with Crippen molar-refractivity contribution in [1.82, 2.24) is 20.1 Å². The van der Waals surface area contributed by atoms with Gasteiger partial charge in [-0.2, -0.15) is 5.10 Å². The van der Waals surface area contributed by atoms with Gasteiger partial charge in [0.15, 0.2) is 5.76 Å². The van der Waals surface area contributed by atoms with Gasteiger partial charge in [-0.3, -0.25) is 14.6 Å². The molecule has 2 amide bonds. The second-order valence-corrected chi connectivity index (χ2v) is 7.73. The molecule has 172 valence electrons. The number of aromatic nitrogens is 3. The molecule has 5 rings (SSSR count). The van der Waals surface area contributed by atoms with Gasteiger partial charge in [0.05, 0.1) is 17.5 Å². The largest absolute Gasteiger partial charge is 0.459 e. The van der Waals surface area contributed by atoms with Gasteiger partial charge in [0, 0.05) is 36.4 Å². The lowest BCUT2D eigenvalue weighted by atomic mass is 10.1. The lowest BCUT2D eigenvalue weighted by molar-refractivity contribution is 0.0950. The van der Waals surface area contributed by atoms with Crippen molar-refractivity contribution in [2.45, 2.75) is 6.54 Å². The molecule has 0 aliphatic rings. The Morgan fingerprint density at radius 3 is 2.57 bits per heavy atom. The van der Waals surface area contributed by atoms with E-state index in [9.17, 15) is 9.59 Å². The highest BCUT2D eigenvalue weighted by molar-refractivity contribution is 6.02. The molecule has 8 heteroatoms. The van der Waals surface area contributed by atoms with Crippen LogP contribution in [0, 0.1) is 0 Å². The lowest BCUT2D eigenvalue weighted by Gasteiger charge is -2.08. The molecule has 3 heterocycles. The zero-order valence-corrected chi connectivity index (χ0v) is 18.6. The number of nitrogens with one attached hydrogen (secondary N) is 2. The van der Waals surface area contributed by atoms with E-state index < -0.39 is 0 Å². The number of pyridine rings is 1. The Bertz CT molecular complexity index is 1440. The summed E-state index contributed by atoms with van der Waals surface area (Å²) in [5.41, 5.74) is 4.00. The molecular formula is C27H21N5O3. The van der Waals surface area contributed by atoms with Crippen molar-refractivity contribution in [3.05, 3.63) is 121 Å². The van der Waals surface area contributed by atoms with Crippen LogP contribution in [0.15, 0.2) is 108 Å². The predicted molar refractivity (Wildman–Crippen MR) is 131 cm³/mol. The number of rotatable bonds is 7. The van der Waals surface area contributed by atoms with E-state index in [0.29, 0.717) is 16.9 Å². The first-order valence-electron chi connectivity index (χ1n) is 10.9. The Hall–Kier alpha value is -4.98. The Kier molecular flexibility index (Phi) is 6.17. The highest BCUT2D eigenvalue weighted by Crippen LogP contribution is 2.23. The molecule has 0 aliphatic heterocycles. The fourth-order valence-electron chi connectivity index (χ4n) is 3.61. The van der Waals surface area contributed by atoms with E-state index in [-0.39, 0.29) is 24.1 Å². The van der Waals surface area contributed by atoms with E-state index in [1.807, 2.05) is 48.5 Å². The molecule has 5 aromatic rings. The highest BCUT2D eigenvalue weighted by Gasteiger charge is 2.19. The molecule has 0 fully saturated rings. The molecule has 0 bridgehead atoms. The monoisotopic (exact) mass is 463 g/mol. The molecule has 3 aromatic heterocycles. The number of amides is 2. The minimum Gasteiger partial charge on any atom is -0.459 e. The van der Waals surface area contributed by atoms with Crippen molar-refractivity contribution in [2.24, 2.45) is 0 Å². The Balaban J connectivity index is 1.34. The summed E-state index contributed by atoms with van der Waals surface area (Å²) in [4.78, 5) is 29.6. The molecule has 2 N–H and O–H groups in total. The van der Waals surface area contributed by atoms with E-state index in [1.165, 1.54) is 6.26 Å². The molecule has 35 heavy (non-hydrogen) atoms. The third-order valence-electron chi connectivity index (χ3n) is 5.30. The molecule has 0 aliphatic carbocycles. The van der Waals surface area contributed by atoms with Gasteiger partial charge in [0.1, 0.15) is 5.69 Å². The maximum absolute atomic E-state index is 13.2. The molecule has 0 saturated carbocycles. The van der Waals surface area contributed by atoms with Crippen LogP contribution in [0.2, 0.25) is 0 Å². The van der Waals surface area contributed by atoms with Gasteiger partial charge in [-0.1, -0.05) is 30.3 Å². The topological polar surface area (TPSA) is 102 Å². The van der Waals surface area contributed by atoms with Crippen LogP contribution in [0.5, 0.6) is 0 Å². The van der Waals surface area contributed by atoms with Crippen molar-refractivity contribution >= 4 is 17.5 Å². The van der Waals surface area contributed by atoms with E-state index in [2.05, 4.69) is 20.7 Å². The van der Waals surface area contributed by atoms with Crippen LogP contribution in [0.3, 0.4) is 0 Å². The predicted octanol–water partition coefficient (Wildman–Crippen LogP) is 4.71. The van der Waals surface area contributed by atoms with Gasteiger partial charge in [0.2, 0.25) is 0 Å². The van der Waals surface area contributed by atoms with Crippen molar-refractivity contribution in [3.63, 3.8) is 0 Å². The maximum atomic E-state index is 13.2. The highest BCUT2D eigenvalue weighted by atomic mass is 16.3. The van der Waals surface area contributed by atoms with Gasteiger partial charge in [-0.25, -0.2) is 4.68 Å². The van der Waals surface area contributed by atoms with E-state index in [4.69, 9.17) is 4.42 Å². The fraction of sp³-hybridized carbons (Fsp3) is 0.0370. The van der Waals surface area contributed by atoms with Gasteiger partial charge in [-0.15, -0.1) is 0 Å². The van der Waals surface area contributed by atoms with Crippen molar-refractivity contribution in [1.29, 1.82) is 0 Å². The van der Waals surface area contributed by atoms with Gasteiger partial charge in [-0.05, 0) is 54.1 Å². The number of hydrogen-bond acceptors (Lipinski definition) is 5. The zero-order valence-electron chi connectivity index (χ0n) is 18.6. The summed E-state index contributed by atoms with van der Waals surface area (Å²) < 4.78 is 6.81. The Morgan fingerprint density at radius 2 is 1.80 bits per heavy atom. The van der Waals surface area contributed by atoms with E-state index in [1.54, 1.807) is 53.6 Å². The van der Waals surface area contributed by atoms with E-state index in [0.717, 1.165) is 16.8 Å². The van der Waals surface area contributed by atoms with E-state index >= 15 is 0 Å². The standard InChI is InChI=1S/C27H21N5O3/c33-26(29-16-19-7-4-9-21(15-19)30-27(34)24-12-6-14-35-24)23-18-32(22-10-2-1-3-11-22)31-25(23)20-8-5-13-28-17-20/h1-15,17-18H,16H2,(H,29,33)(H,30,34). The van der Waals surface area contributed by atoms with Crippen LogP contribution in [0.1, 0.15) is 26.5 Å². The van der Waals surface area contributed by atoms with Gasteiger partial charge < -0.3 is 15.1 Å². The van der Waals surface area contributed by atoms with Crippen molar-refractivity contribution in [3.8, 4) is 16.9 Å². The van der Waals surface area contributed by atoms with Crippen LogP contribution < -0.4 is 10.6 Å². The molecule has 0 atom stereocenters. The maximum Gasteiger partial charge on any atom is 0.291 e. The minimum atomic E-state index is -0.342. The molecule has 0 spiro atoms.